The van der Waals surface area contributed by atoms with Crippen LogP contribution in [0.15, 0.2) is 22.7 Å². The lowest BCUT2D eigenvalue weighted by molar-refractivity contribution is 0.440. The molecule has 0 saturated heterocycles. The second kappa shape index (κ2) is 6.36. The molecule has 16 heavy (non-hydrogen) atoms. The van der Waals surface area contributed by atoms with Crippen molar-refractivity contribution in [2.24, 2.45) is 5.92 Å². The van der Waals surface area contributed by atoms with E-state index < -0.39 is 0 Å². The molecule has 0 heterocycles. The highest BCUT2D eigenvalue weighted by molar-refractivity contribution is 9.10. The summed E-state index contributed by atoms with van der Waals surface area (Å²) in [5, 5.41) is 3.29. The van der Waals surface area contributed by atoms with Crippen LogP contribution >= 0.6 is 15.9 Å². The number of hydrogen-bond donors (Lipinski definition) is 1. The summed E-state index contributed by atoms with van der Waals surface area (Å²) in [6.07, 6.45) is 1.95. The predicted octanol–water partition coefficient (Wildman–Crippen LogP) is 3.76. The minimum Gasteiger partial charge on any atom is -0.317 e. The molecule has 1 atom stereocenters. The average molecular weight is 288 g/mol. The zero-order valence-corrected chi connectivity index (χ0v) is 11.6. The van der Waals surface area contributed by atoms with E-state index in [9.17, 15) is 4.39 Å². The number of benzene rings is 1. The van der Waals surface area contributed by atoms with E-state index in [2.05, 4.69) is 35.1 Å². The van der Waals surface area contributed by atoms with Gasteiger partial charge in [0.15, 0.2) is 0 Å². The Morgan fingerprint density at radius 1 is 1.38 bits per heavy atom. The van der Waals surface area contributed by atoms with Gasteiger partial charge in [0.2, 0.25) is 0 Å². The van der Waals surface area contributed by atoms with Crippen LogP contribution in [0.25, 0.3) is 0 Å². The van der Waals surface area contributed by atoms with E-state index in [0.717, 1.165) is 18.4 Å². The molecular formula is C13H19BrFN. The lowest BCUT2D eigenvalue weighted by atomic mass is 9.97. The molecule has 1 N–H and O–H groups in total. The first kappa shape index (κ1) is 13.7. The number of rotatable bonds is 5. The Kier molecular flexibility index (Phi) is 5.42. The van der Waals surface area contributed by atoms with Gasteiger partial charge < -0.3 is 5.32 Å². The maximum Gasteiger partial charge on any atom is 0.137 e. The molecule has 3 heteroatoms. The van der Waals surface area contributed by atoms with E-state index in [0.29, 0.717) is 16.4 Å². The van der Waals surface area contributed by atoms with Gasteiger partial charge in [-0.2, -0.15) is 0 Å². The van der Waals surface area contributed by atoms with Crippen molar-refractivity contribution in [3.63, 3.8) is 0 Å². The van der Waals surface area contributed by atoms with E-state index in [4.69, 9.17) is 0 Å². The maximum absolute atomic E-state index is 13.3. The molecular weight excluding hydrogens is 269 g/mol. The fourth-order valence-corrected chi connectivity index (χ4v) is 2.27. The second-order valence-corrected chi connectivity index (χ2v) is 5.33. The highest BCUT2D eigenvalue weighted by atomic mass is 79.9. The molecule has 0 spiro atoms. The Balaban J connectivity index is 2.74. The van der Waals surface area contributed by atoms with Gasteiger partial charge in [-0.3, -0.25) is 0 Å². The van der Waals surface area contributed by atoms with Gasteiger partial charge in [0.1, 0.15) is 5.82 Å². The molecule has 0 aliphatic carbocycles. The summed E-state index contributed by atoms with van der Waals surface area (Å²) in [4.78, 5) is 0. The van der Waals surface area contributed by atoms with Gasteiger partial charge in [0, 0.05) is 6.04 Å². The molecule has 0 bridgehead atoms. The summed E-state index contributed by atoms with van der Waals surface area (Å²) in [7, 11) is 1.96. The van der Waals surface area contributed by atoms with Gasteiger partial charge in [-0.1, -0.05) is 26.0 Å². The van der Waals surface area contributed by atoms with Crippen molar-refractivity contribution in [1.29, 1.82) is 0 Å². The first-order chi connectivity index (χ1) is 7.54. The Morgan fingerprint density at radius 2 is 2.06 bits per heavy atom. The van der Waals surface area contributed by atoms with Crippen molar-refractivity contribution in [2.75, 3.05) is 7.05 Å². The molecule has 1 nitrogen and oxygen atoms in total. The molecule has 0 fully saturated rings. The zero-order chi connectivity index (χ0) is 12.1. The zero-order valence-electron chi connectivity index (χ0n) is 10.1. The lowest BCUT2D eigenvalue weighted by Crippen LogP contribution is -2.29. The lowest BCUT2D eigenvalue weighted by Gasteiger charge is -2.19. The van der Waals surface area contributed by atoms with Crippen LogP contribution in [0.4, 0.5) is 4.39 Å². The van der Waals surface area contributed by atoms with Crippen LogP contribution < -0.4 is 5.32 Å². The summed E-state index contributed by atoms with van der Waals surface area (Å²) in [6, 6.07) is 5.61. The minimum atomic E-state index is -0.183. The van der Waals surface area contributed by atoms with Crippen molar-refractivity contribution in [3.05, 3.63) is 34.1 Å². The number of halogens is 2. The SMILES string of the molecule is CNC(Cc1cccc(F)c1Br)CC(C)C. The molecule has 1 rings (SSSR count). The van der Waals surface area contributed by atoms with E-state index >= 15 is 0 Å². The molecule has 1 aromatic rings. The summed E-state index contributed by atoms with van der Waals surface area (Å²) in [5.41, 5.74) is 1.03. The van der Waals surface area contributed by atoms with E-state index in [-0.39, 0.29) is 5.82 Å². The molecule has 90 valence electrons. The monoisotopic (exact) mass is 287 g/mol. The van der Waals surface area contributed by atoms with Gasteiger partial charge in [-0.25, -0.2) is 4.39 Å². The van der Waals surface area contributed by atoms with Crippen LogP contribution in [0.5, 0.6) is 0 Å². The third-order valence-electron chi connectivity index (χ3n) is 2.66. The molecule has 0 aliphatic heterocycles. The number of nitrogens with one attached hydrogen (secondary N) is 1. The van der Waals surface area contributed by atoms with Gasteiger partial charge in [-0.15, -0.1) is 0 Å². The molecule has 0 amide bonds. The second-order valence-electron chi connectivity index (χ2n) is 4.53. The quantitative estimate of drug-likeness (QED) is 0.869. The normalized spacial score (nSPS) is 13.1. The number of likely N-dealkylation sites (N-methyl/N-ethyl adjacent to an activating group) is 1. The molecule has 0 radical (unpaired) electrons. The maximum atomic E-state index is 13.3. The third kappa shape index (κ3) is 3.87. The van der Waals surface area contributed by atoms with Crippen molar-refractivity contribution in [1.82, 2.24) is 5.32 Å². The van der Waals surface area contributed by atoms with Crippen LogP contribution in [0.1, 0.15) is 25.8 Å². The van der Waals surface area contributed by atoms with E-state index in [1.54, 1.807) is 6.07 Å². The molecule has 0 saturated carbocycles. The molecule has 1 unspecified atom stereocenters. The fraction of sp³-hybridized carbons (Fsp3) is 0.538. The Bertz CT molecular complexity index is 339. The minimum absolute atomic E-state index is 0.183. The van der Waals surface area contributed by atoms with Crippen molar-refractivity contribution in [2.45, 2.75) is 32.7 Å². The van der Waals surface area contributed by atoms with Crippen LogP contribution in [0.2, 0.25) is 0 Å². The standard InChI is InChI=1S/C13H19BrFN/c1-9(2)7-11(16-3)8-10-5-4-6-12(15)13(10)14/h4-6,9,11,16H,7-8H2,1-3H3. The van der Waals surface area contributed by atoms with Crippen LogP contribution in [0, 0.1) is 11.7 Å². The summed E-state index contributed by atoms with van der Waals surface area (Å²) >= 11 is 3.30. The highest BCUT2D eigenvalue weighted by Crippen LogP contribution is 2.22. The van der Waals surface area contributed by atoms with Gasteiger partial charge in [0.05, 0.1) is 4.47 Å². The van der Waals surface area contributed by atoms with Crippen molar-refractivity contribution in [3.8, 4) is 0 Å². The third-order valence-corrected chi connectivity index (χ3v) is 3.55. The van der Waals surface area contributed by atoms with Gasteiger partial charge in [0.25, 0.3) is 0 Å². The molecule has 0 aromatic heterocycles. The Labute approximate surface area is 106 Å². The van der Waals surface area contributed by atoms with Crippen LogP contribution in [0.3, 0.4) is 0 Å². The summed E-state index contributed by atoms with van der Waals surface area (Å²) in [6.45, 7) is 4.40. The van der Waals surface area contributed by atoms with Gasteiger partial charge >= 0.3 is 0 Å². The largest absolute Gasteiger partial charge is 0.317 e. The predicted molar refractivity (Wildman–Crippen MR) is 70.1 cm³/mol. The molecule has 1 aromatic carbocycles. The Hall–Kier alpha value is -0.410. The van der Waals surface area contributed by atoms with E-state index in [1.807, 2.05) is 13.1 Å². The van der Waals surface area contributed by atoms with Gasteiger partial charge in [-0.05, 0) is 53.4 Å². The van der Waals surface area contributed by atoms with Crippen LogP contribution in [-0.4, -0.2) is 13.1 Å². The summed E-state index contributed by atoms with van der Waals surface area (Å²) in [5.74, 6) is 0.460. The number of hydrogen-bond acceptors (Lipinski definition) is 1. The van der Waals surface area contributed by atoms with Crippen LogP contribution in [-0.2, 0) is 6.42 Å². The average Bonchev–Trinajstić information content (AvgIpc) is 2.23. The fourth-order valence-electron chi connectivity index (χ4n) is 1.84. The van der Waals surface area contributed by atoms with E-state index in [1.165, 1.54) is 6.07 Å². The summed E-state index contributed by atoms with van der Waals surface area (Å²) < 4.78 is 13.9. The van der Waals surface area contributed by atoms with Crippen molar-refractivity contribution >= 4 is 15.9 Å². The molecule has 0 aliphatic rings. The van der Waals surface area contributed by atoms with Crippen molar-refractivity contribution < 1.29 is 4.39 Å². The first-order valence-electron chi connectivity index (χ1n) is 5.64. The Morgan fingerprint density at radius 3 is 2.62 bits per heavy atom. The highest BCUT2D eigenvalue weighted by Gasteiger charge is 2.12. The first-order valence-corrected chi connectivity index (χ1v) is 6.44. The smallest absolute Gasteiger partial charge is 0.137 e. The topological polar surface area (TPSA) is 12.0 Å².